The Hall–Kier alpha value is 1.83. The van der Waals surface area contributed by atoms with Crippen molar-refractivity contribution in [3.05, 3.63) is 0 Å². The van der Waals surface area contributed by atoms with Crippen LogP contribution >= 0.6 is 7.37 Å². The van der Waals surface area contributed by atoms with Gasteiger partial charge in [-0.15, -0.1) is 0 Å². The van der Waals surface area contributed by atoms with E-state index in [-0.39, 0.29) is 51.4 Å². The zero-order valence-electron chi connectivity index (χ0n) is 9.92. The van der Waals surface area contributed by atoms with Crippen LogP contribution in [0, 0.1) is 0 Å². The molecule has 0 unspecified atom stereocenters. The van der Waals surface area contributed by atoms with E-state index >= 15 is 0 Å². The SMILES string of the molecule is CCCCCP(=O)([O-])CCCCC.[K+]. The van der Waals surface area contributed by atoms with Crippen LogP contribution in [0.4, 0.5) is 0 Å². The van der Waals surface area contributed by atoms with E-state index < -0.39 is 7.37 Å². The van der Waals surface area contributed by atoms with E-state index in [0.717, 1.165) is 38.5 Å². The summed E-state index contributed by atoms with van der Waals surface area (Å²) in [7, 11) is -3.00. The molecule has 0 aromatic rings. The van der Waals surface area contributed by atoms with Gasteiger partial charge in [-0.25, -0.2) is 0 Å². The van der Waals surface area contributed by atoms with Crippen LogP contribution in [0.15, 0.2) is 0 Å². The molecule has 0 aromatic carbocycles. The summed E-state index contributed by atoms with van der Waals surface area (Å²) < 4.78 is 11.4. The van der Waals surface area contributed by atoms with Gasteiger partial charge in [0.15, 0.2) is 0 Å². The van der Waals surface area contributed by atoms with Crippen LogP contribution in [-0.4, -0.2) is 12.3 Å². The molecule has 0 saturated carbocycles. The third-order valence-electron chi connectivity index (χ3n) is 2.20. The molecule has 4 heteroatoms. The fraction of sp³-hybridized carbons (Fsp3) is 1.00. The van der Waals surface area contributed by atoms with Gasteiger partial charge in [-0.1, -0.05) is 39.5 Å². The minimum absolute atomic E-state index is 0. The second-order valence-electron chi connectivity index (χ2n) is 3.68. The Kier molecular flexibility index (Phi) is 14.7. The normalized spacial score (nSPS) is 11.1. The van der Waals surface area contributed by atoms with E-state index in [1.54, 1.807) is 0 Å². The van der Waals surface area contributed by atoms with E-state index in [0.29, 0.717) is 12.3 Å². The third kappa shape index (κ3) is 11.9. The molecule has 0 spiro atoms. The molecule has 0 aliphatic carbocycles. The van der Waals surface area contributed by atoms with Crippen LogP contribution in [0.2, 0.25) is 0 Å². The van der Waals surface area contributed by atoms with Gasteiger partial charge in [-0.05, 0) is 25.2 Å². The van der Waals surface area contributed by atoms with Gasteiger partial charge >= 0.3 is 51.4 Å². The Labute approximate surface area is 131 Å². The molecule has 2 nitrogen and oxygen atoms in total. The maximum absolute atomic E-state index is 11.4. The summed E-state index contributed by atoms with van der Waals surface area (Å²) in [5.41, 5.74) is 0. The summed E-state index contributed by atoms with van der Waals surface area (Å²) in [4.78, 5) is 11.4. The summed E-state index contributed by atoms with van der Waals surface area (Å²) in [6.07, 6.45) is 6.81. The number of hydrogen-bond donors (Lipinski definition) is 0. The van der Waals surface area contributed by atoms with Gasteiger partial charge in [0.1, 0.15) is 0 Å². The predicted molar refractivity (Wildman–Crippen MR) is 56.4 cm³/mol. The van der Waals surface area contributed by atoms with Gasteiger partial charge in [-0.2, -0.15) is 0 Å². The average Bonchev–Trinajstić information content (AvgIpc) is 2.05. The number of unbranched alkanes of at least 4 members (excludes halogenated alkanes) is 4. The quantitative estimate of drug-likeness (QED) is 0.343. The van der Waals surface area contributed by atoms with Crippen LogP contribution in [0.25, 0.3) is 0 Å². The fourth-order valence-corrected chi connectivity index (χ4v) is 2.95. The molecule has 0 atom stereocenters. The average molecular weight is 244 g/mol. The molecule has 0 aliphatic heterocycles. The monoisotopic (exact) mass is 244 g/mol. The first-order chi connectivity index (χ1) is 6.12. The van der Waals surface area contributed by atoms with E-state index in [4.69, 9.17) is 0 Å². The molecule has 0 amide bonds. The molecule has 0 bridgehead atoms. The zero-order chi connectivity index (χ0) is 10.2. The summed E-state index contributed by atoms with van der Waals surface area (Å²) >= 11 is 0. The molecule has 0 N–H and O–H groups in total. The van der Waals surface area contributed by atoms with Crippen molar-refractivity contribution in [1.82, 2.24) is 0 Å². The summed E-state index contributed by atoms with van der Waals surface area (Å²) in [6, 6.07) is 0. The molecule has 0 heterocycles. The Balaban J connectivity index is 0. The largest absolute Gasteiger partial charge is 1.00 e. The van der Waals surface area contributed by atoms with Crippen LogP contribution in [0.1, 0.15) is 52.4 Å². The molecule has 0 aliphatic rings. The Morgan fingerprint density at radius 2 is 1.29 bits per heavy atom. The molecule has 0 aromatic heterocycles. The minimum Gasteiger partial charge on any atom is -0.799 e. The first-order valence-corrected chi connectivity index (χ1v) is 7.41. The van der Waals surface area contributed by atoms with Crippen LogP contribution < -0.4 is 56.3 Å². The van der Waals surface area contributed by atoms with Gasteiger partial charge in [0, 0.05) is 7.37 Å². The molecular weight excluding hydrogens is 222 g/mol. The summed E-state index contributed by atoms with van der Waals surface area (Å²) in [5.74, 6) is 0. The van der Waals surface area contributed by atoms with Gasteiger partial charge in [0.05, 0.1) is 0 Å². The van der Waals surface area contributed by atoms with Crippen molar-refractivity contribution >= 4 is 7.37 Å². The van der Waals surface area contributed by atoms with E-state index in [2.05, 4.69) is 13.8 Å². The molecule has 14 heavy (non-hydrogen) atoms. The Bertz CT molecular complexity index is 148. The van der Waals surface area contributed by atoms with Gasteiger partial charge in [0.25, 0.3) is 0 Å². The first kappa shape index (κ1) is 18.2. The standard InChI is InChI=1S/C10H23O2P.K/c1-3-5-7-9-13(11,12)10-8-6-4-2;/h3-10H2,1-2H3,(H,11,12);/q;+1/p-1. The summed E-state index contributed by atoms with van der Waals surface area (Å²) in [6.45, 7) is 4.18. The van der Waals surface area contributed by atoms with Gasteiger partial charge in [0.2, 0.25) is 0 Å². The van der Waals surface area contributed by atoms with Crippen LogP contribution in [0.5, 0.6) is 0 Å². The predicted octanol–water partition coefficient (Wildman–Crippen LogP) is 0.00920. The fourth-order valence-electron chi connectivity index (χ4n) is 1.32. The van der Waals surface area contributed by atoms with E-state index in [1.807, 2.05) is 0 Å². The van der Waals surface area contributed by atoms with Crippen molar-refractivity contribution in [2.24, 2.45) is 0 Å². The molecule has 80 valence electrons. The maximum Gasteiger partial charge on any atom is 1.00 e. The van der Waals surface area contributed by atoms with Crippen LogP contribution in [0.3, 0.4) is 0 Å². The molecule has 0 radical (unpaired) electrons. The second-order valence-corrected chi connectivity index (χ2v) is 6.20. The number of hydrogen-bond acceptors (Lipinski definition) is 2. The van der Waals surface area contributed by atoms with Crippen molar-refractivity contribution in [2.75, 3.05) is 12.3 Å². The Morgan fingerprint density at radius 1 is 0.929 bits per heavy atom. The molecular formula is C10H22KO2P. The van der Waals surface area contributed by atoms with Crippen molar-refractivity contribution in [2.45, 2.75) is 52.4 Å². The van der Waals surface area contributed by atoms with Crippen LogP contribution in [-0.2, 0) is 4.57 Å². The summed E-state index contributed by atoms with van der Waals surface area (Å²) in [5, 5.41) is 0. The second kappa shape index (κ2) is 11.3. The minimum atomic E-state index is -3.00. The van der Waals surface area contributed by atoms with Crippen molar-refractivity contribution in [1.29, 1.82) is 0 Å². The van der Waals surface area contributed by atoms with Crippen molar-refractivity contribution in [3.63, 3.8) is 0 Å². The zero-order valence-corrected chi connectivity index (χ0v) is 13.9. The van der Waals surface area contributed by atoms with Gasteiger partial charge < -0.3 is 9.46 Å². The topological polar surface area (TPSA) is 40.1 Å². The Morgan fingerprint density at radius 3 is 1.57 bits per heavy atom. The maximum atomic E-state index is 11.4. The van der Waals surface area contributed by atoms with Gasteiger partial charge in [-0.3, -0.25) is 0 Å². The van der Waals surface area contributed by atoms with E-state index in [1.165, 1.54) is 0 Å². The molecule has 0 rings (SSSR count). The smallest absolute Gasteiger partial charge is 0.799 e. The van der Waals surface area contributed by atoms with Crippen molar-refractivity contribution in [3.8, 4) is 0 Å². The molecule has 0 saturated heterocycles. The first-order valence-electron chi connectivity index (χ1n) is 5.41. The molecule has 0 fully saturated rings. The van der Waals surface area contributed by atoms with E-state index in [9.17, 15) is 9.46 Å². The number of rotatable bonds is 8. The van der Waals surface area contributed by atoms with Crippen molar-refractivity contribution < 1.29 is 60.8 Å². The third-order valence-corrected chi connectivity index (χ3v) is 4.20.